The maximum absolute atomic E-state index is 12.8. The number of aromatic nitrogens is 2. The highest BCUT2D eigenvalue weighted by Crippen LogP contribution is 2.20. The molecule has 0 aliphatic carbocycles. The van der Waals surface area contributed by atoms with Gasteiger partial charge in [0.1, 0.15) is 16.9 Å². The highest BCUT2D eigenvalue weighted by atomic mass is 32.1. The molecule has 0 bridgehead atoms. The summed E-state index contributed by atoms with van der Waals surface area (Å²) in [6.45, 7) is -0.454. The van der Waals surface area contributed by atoms with Crippen molar-refractivity contribution in [2.75, 3.05) is 11.9 Å². The van der Waals surface area contributed by atoms with Crippen LogP contribution in [0.4, 0.5) is 10.1 Å². The number of rotatable bonds is 4. The quantitative estimate of drug-likeness (QED) is 0.743. The van der Waals surface area contributed by atoms with Crippen LogP contribution < -0.4 is 5.32 Å². The van der Waals surface area contributed by atoms with Crippen molar-refractivity contribution in [3.8, 4) is 0 Å². The molecule has 0 saturated carbocycles. The topological polar surface area (TPSA) is 81.2 Å². The van der Waals surface area contributed by atoms with E-state index in [1.165, 1.54) is 12.1 Å². The maximum atomic E-state index is 12.8. The summed E-state index contributed by atoms with van der Waals surface area (Å²) in [5.74, 6) is -1.65. The maximum Gasteiger partial charge on any atom is 0.338 e. The summed E-state index contributed by atoms with van der Waals surface area (Å²) in [6.07, 6.45) is 0. The zero-order valence-corrected chi connectivity index (χ0v) is 12.5. The summed E-state index contributed by atoms with van der Waals surface area (Å²) in [6, 6.07) is 10.1. The number of benzene rings is 2. The fraction of sp³-hybridized carbons (Fsp3) is 0.0667. The number of ether oxygens (including phenoxy) is 1. The first kappa shape index (κ1) is 15.0. The number of hydrogen-bond donors (Lipinski definition) is 1. The Morgan fingerprint density at radius 3 is 2.70 bits per heavy atom. The van der Waals surface area contributed by atoms with E-state index >= 15 is 0 Å². The number of halogens is 1. The SMILES string of the molecule is O=C(COC(=O)c1ccc(F)cc1)Nc1cccc2nsnc12. The molecule has 0 atom stereocenters. The van der Waals surface area contributed by atoms with Gasteiger partial charge in [-0.25, -0.2) is 9.18 Å². The van der Waals surface area contributed by atoms with Crippen LogP contribution in [0.15, 0.2) is 42.5 Å². The summed E-state index contributed by atoms with van der Waals surface area (Å²) >= 11 is 1.04. The molecule has 6 nitrogen and oxygen atoms in total. The van der Waals surface area contributed by atoms with Crippen molar-refractivity contribution >= 4 is 40.3 Å². The number of nitrogens with zero attached hydrogens (tertiary/aromatic N) is 2. The second-order valence-corrected chi connectivity index (χ2v) is 5.10. The molecule has 0 aliphatic rings. The summed E-state index contributed by atoms with van der Waals surface area (Å²) in [4.78, 5) is 23.6. The number of anilines is 1. The minimum atomic E-state index is -0.700. The first-order valence-corrected chi connectivity index (χ1v) is 7.30. The third-order valence-corrected chi connectivity index (χ3v) is 3.52. The van der Waals surface area contributed by atoms with E-state index in [4.69, 9.17) is 4.74 Å². The molecule has 1 amide bonds. The van der Waals surface area contributed by atoms with Crippen molar-refractivity contribution in [3.63, 3.8) is 0 Å². The molecule has 8 heteroatoms. The molecule has 23 heavy (non-hydrogen) atoms. The number of esters is 1. The average Bonchev–Trinajstić information content (AvgIpc) is 3.03. The number of amides is 1. The standard InChI is InChI=1S/C15H10FN3O3S/c16-10-6-4-9(5-7-10)15(21)22-8-13(20)17-11-2-1-3-12-14(11)19-23-18-12/h1-7H,8H2,(H,17,20). The molecule has 0 saturated heterocycles. The van der Waals surface area contributed by atoms with Crippen LogP contribution in [-0.4, -0.2) is 27.2 Å². The van der Waals surface area contributed by atoms with Crippen molar-refractivity contribution in [1.29, 1.82) is 0 Å². The van der Waals surface area contributed by atoms with Gasteiger partial charge in [0, 0.05) is 0 Å². The lowest BCUT2D eigenvalue weighted by atomic mass is 10.2. The largest absolute Gasteiger partial charge is 0.452 e. The van der Waals surface area contributed by atoms with Gasteiger partial charge in [0.05, 0.1) is 23.0 Å². The van der Waals surface area contributed by atoms with Gasteiger partial charge in [0.2, 0.25) is 0 Å². The second kappa shape index (κ2) is 6.49. The van der Waals surface area contributed by atoms with Crippen LogP contribution in [0.1, 0.15) is 10.4 Å². The fourth-order valence-corrected chi connectivity index (χ4v) is 2.44. The van der Waals surface area contributed by atoms with E-state index < -0.39 is 24.3 Å². The van der Waals surface area contributed by atoms with Gasteiger partial charge in [-0.3, -0.25) is 4.79 Å². The Bertz CT molecular complexity index is 864. The molecule has 1 N–H and O–H groups in total. The molecule has 3 aromatic rings. The number of fused-ring (bicyclic) bond motifs is 1. The normalized spacial score (nSPS) is 10.5. The van der Waals surface area contributed by atoms with E-state index in [1.54, 1.807) is 18.2 Å². The lowest BCUT2D eigenvalue weighted by Crippen LogP contribution is -2.21. The van der Waals surface area contributed by atoms with E-state index in [2.05, 4.69) is 14.1 Å². The Morgan fingerprint density at radius 2 is 1.91 bits per heavy atom. The molecule has 3 rings (SSSR count). The second-order valence-electron chi connectivity index (χ2n) is 4.57. The van der Waals surface area contributed by atoms with Crippen LogP contribution in [0, 0.1) is 5.82 Å². The minimum absolute atomic E-state index is 0.171. The van der Waals surface area contributed by atoms with Crippen LogP contribution in [-0.2, 0) is 9.53 Å². The zero-order chi connectivity index (χ0) is 16.2. The molecule has 0 radical (unpaired) electrons. The summed E-state index contributed by atoms with van der Waals surface area (Å²) in [5, 5.41) is 2.61. The molecular formula is C15H10FN3O3S. The van der Waals surface area contributed by atoms with Gasteiger partial charge in [0.25, 0.3) is 5.91 Å². The summed E-state index contributed by atoms with van der Waals surface area (Å²) in [7, 11) is 0. The van der Waals surface area contributed by atoms with Gasteiger partial charge in [-0.1, -0.05) is 6.07 Å². The van der Waals surface area contributed by atoms with Crippen LogP contribution in [0.3, 0.4) is 0 Å². The predicted octanol–water partition coefficient (Wildman–Crippen LogP) is 2.63. The smallest absolute Gasteiger partial charge is 0.338 e. The molecule has 116 valence electrons. The Balaban J connectivity index is 1.60. The molecule has 0 fully saturated rings. The summed E-state index contributed by atoms with van der Waals surface area (Å²) < 4.78 is 25.8. The van der Waals surface area contributed by atoms with Gasteiger partial charge in [-0.05, 0) is 36.4 Å². The first-order valence-electron chi connectivity index (χ1n) is 6.57. The molecular weight excluding hydrogens is 321 g/mol. The van der Waals surface area contributed by atoms with Crippen molar-refractivity contribution in [2.45, 2.75) is 0 Å². The Kier molecular flexibility index (Phi) is 4.24. The van der Waals surface area contributed by atoms with Gasteiger partial charge >= 0.3 is 5.97 Å². The number of nitrogens with one attached hydrogen (secondary N) is 1. The number of hydrogen-bond acceptors (Lipinski definition) is 6. The van der Waals surface area contributed by atoms with Crippen molar-refractivity contribution < 1.29 is 18.7 Å². The molecule has 1 aromatic heterocycles. The number of carbonyl (C=O) groups is 2. The Morgan fingerprint density at radius 1 is 1.13 bits per heavy atom. The van der Waals surface area contributed by atoms with Crippen LogP contribution in [0.25, 0.3) is 11.0 Å². The lowest BCUT2D eigenvalue weighted by molar-refractivity contribution is -0.119. The van der Waals surface area contributed by atoms with Crippen LogP contribution >= 0.6 is 11.7 Å². The molecule has 2 aromatic carbocycles. The van der Waals surface area contributed by atoms with E-state index in [0.717, 1.165) is 23.9 Å². The third kappa shape index (κ3) is 3.49. The summed E-state index contributed by atoms with van der Waals surface area (Å²) in [5.41, 5.74) is 1.93. The van der Waals surface area contributed by atoms with E-state index in [9.17, 15) is 14.0 Å². The van der Waals surface area contributed by atoms with Crippen molar-refractivity contribution in [1.82, 2.24) is 8.75 Å². The van der Waals surface area contributed by atoms with Gasteiger partial charge in [-0.2, -0.15) is 8.75 Å². The molecule has 0 spiro atoms. The van der Waals surface area contributed by atoms with Crippen molar-refractivity contribution in [2.24, 2.45) is 0 Å². The lowest BCUT2D eigenvalue weighted by Gasteiger charge is -2.07. The number of carbonyl (C=O) groups excluding carboxylic acids is 2. The highest BCUT2D eigenvalue weighted by molar-refractivity contribution is 7.00. The van der Waals surface area contributed by atoms with Crippen LogP contribution in [0.2, 0.25) is 0 Å². The molecule has 1 heterocycles. The van der Waals surface area contributed by atoms with Crippen LogP contribution in [0.5, 0.6) is 0 Å². The minimum Gasteiger partial charge on any atom is -0.452 e. The first-order chi connectivity index (χ1) is 11.1. The van der Waals surface area contributed by atoms with Gasteiger partial charge < -0.3 is 10.1 Å². The average molecular weight is 331 g/mol. The van der Waals surface area contributed by atoms with Crippen molar-refractivity contribution in [3.05, 3.63) is 53.8 Å². The fourth-order valence-electron chi connectivity index (χ4n) is 1.89. The Labute approximate surface area is 134 Å². The molecule has 0 aliphatic heterocycles. The monoisotopic (exact) mass is 331 g/mol. The zero-order valence-electron chi connectivity index (χ0n) is 11.7. The third-order valence-electron chi connectivity index (χ3n) is 2.97. The van der Waals surface area contributed by atoms with Gasteiger partial charge in [0.15, 0.2) is 6.61 Å². The van der Waals surface area contributed by atoms with E-state index in [1.807, 2.05) is 0 Å². The van der Waals surface area contributed by atoms with E-state index in [0.29, 0.717) is 16.7 Å². The predicted molar refractivity (Wildman–Crippen MR) is 82.7 cm³/mol. The van der Waals surface area contributed by atoms with Gasteiger partial charge in [-0.15, -0.1) is 0 Å². The molecule has 0 unspecified atom stereocenters. The highest BCUT2D eigenvalue weighted by Gasteiger charge is 2.12. The van der Waals surface area contributed by atoms with E-state index in [-0.39, 0.29) is 5.56 Å². The Hall–Kier alpha value is -2.87.